The minimum absolute atomic E-state index is 0.211. The fraction of sp³-hybridized carbons (Fsp3) is 0.550. The van der Waals surface area contributed by atoms with Crippen molar-refractivity contribution in [3.8, 4) is 11.5 Å². The number of benzene rings is 1. The number of ether oxygens (including phenoxy) is 5. The zero-order chi connectivity index (χ0) is 21.4. The Hall–Kier alpha value is -2.65. The summed E-state index contributed by atoms with van der Waals surface area (Å²) in [5, 5.41) is 0.333. The van der Waals surface area contributed by atoms with Crippen LogP contribution in [0.2, 0.25) is 0 Å². The molecule has 0 fully saturated rings. The van der Waals surface area contributed by atoms with Gasteiger partial charge in [-0.1, -0.05) is 0 Å². The molecule has 1 aromatic heterocycles. The van der Waals surface area contributed by atoms with E-state index in [1.165, 1.54) is 18.0 Å². The molecule has 160 valence electrons. The highest BCUT2D eigenvalue weighted by atomic mass is 16.6. The van der Waals surface area contributed by atoms with Gasteiger partial charge in [0, 0.05) is 13.2 Å². The first-order valence-corrected chi connectivity index (χ1v) is 9.22. The van der Waals surface area contributed by atoms with Gasteiger partial charge in [0.15, 0.2) is 18.2 Å². The van der Waals surface area contributed by atoms with Gasteiger partial charge in [-0.25, -0.2) is 4.98 Å². The number of methoxy groups -OCH3 is 2. The van der Waals surface area contributed by atoms with Crippen molar-refractivity contribution >= 4 is 16.9 Å². The van der Waals surface area contributed by atoms with Crippen LogP contribution in [0.15, 0.2) is 23.3 Å². The first-order valence-electron chi connectivity index (χ1n) is 9.22. The van der Waals surface area contributed by atoms with E-state index in [0.717, 1.165) is 0 Å². The highest BCUT2D eigenvalue weighted by Gasteiger charge is 2.23. The number of hydrogen-bond acceptors (Lipinski definition) is 8. The van der Waals surface area contributed by atoms with E-state index in [1.807, 2.05) is 0 Å². The Balaban J connectivity index is 2.15. The van der Waals surface area contributed by atoms with Crippen molar-refractivity contribution in [2.75, 3.05) is 40.6 Å². The molecule has 0 amide bonds. The lowest BCUT2D eigenvalue weighted by Crippen LogP contribution is -2.28. The topological polar surface area (TPSA) is 98.1 Å². The summed E-state index contributed by atoms with van der Waals surface area (Å²) in [6.07, 6.45) is 1.34. The highest BCUT2D eigenvalue weighted by molar-refractivity contribution is 5.81. The van der Waals surface area contributed by atoms with E-state index in [1.54, 1.807) is 40.0 Å². The maximum Gasteiger partial charge on any atom is 0.312 e. The van der Waals surface area contributed by atoms with E-state index in [4.69, 9.17) is 23.7 Å². The summed E-state index contributed by atoms with van der Waals surface area (Å²) in [6.45, 7) is 6.71. The summed E-state index contributed by atoms with van der Waals surface area (Å²) in [4.78, 5) is 28.9. The molecule has 0 spiro atoms. The molecule has 0 saturated heterocycles. The average Bonchev–Trinajstić information content (AvgIpc) is 2.68. The van der Waals surface area contributed by atoms with Gasteiger partial charge in [0.05, 0.1) is 43.2 Å². The van der Waals surface area contributed by atoms with E-state index >= 15 is 0 Å². The largest absolute Gasteiger partial charge is 0.493 e. The van der Waals surface area contributed by atoms with Gasteiger partial charge in [0.2, 0.25) is 0 Å². The van der Waals surface area contributed by atoms with Crippen molar-refractivity contribution in [2.24, 2.45) is 5.41 Å². The molecule has 0 N–H and O–H groups in total. The van der Waals surface area contributed by atoms with Crippen molar-refractivity contribution in [3.05, 3.63) is 28.8 Å². The van der Waals surface area contributed by atoms with Crippen LogP contribution in [-0.2, 0) is 25.7 Å². The van der Waals surface area contributed by atoms with Gasteiger partial charge >= 0.3 is 5.97 Å². The highest BCUT2D eigenvalue weighted by Crippen LogP contribution is 2.30. The number of nitrogens with zero attached hydrogens (tertiary/aromatic N) is 2. The molecule has 0 bridgehead atoms. The second-order valence-corrected chi connectivity index (χ2v) is 7.30. The number of esters is 1. The van der Waals surface area contributed by atoms with Crippen LogP contribution in [0.25, 0.3) is 10.9 Å². The molecule has 0 radical (unpaired) electrons. The Morgan fingerprint density at radius 2 is 1.79 bits per heavy atom. The Labute approximate surface area is 169 Å². The maximum atomic E-state index is 12.7. The molecular weight excluding hydrogens is 380 g/mol. The Morgan fingerprint density at radius 1 is 1.07 bits per heavy atom. The number of fused-ring (bicyclic) bond motifs is 1. The fourth-order valence-corrected chi connectivity index (χ4v) is 2.33. The normalized spacial score (nSPS) is 11.5. The number of rotatable bonds is 10. The molecule has 1 aromatic carbocycles. The quantitative estimate of drug-likeness (QED) is 0.435. The summed E-state index contributed by atoms with van der Waals surface area (Å²) in [5.41, 5.74) is -0.551. The first kappa shape index (κ1) is 22.6. The van der Waals surface area contributed by atoms with Crippen LogP contribution in [0.3, 0.4) is 0 Å². The minimum Gasteiger partial charge on any atom is -0.493 e. The average molecular weight is 408 g/mol. The van der Waals surface area contributed by atoms with Crippen LogP contribution in [0.5, 0.6) is 11.5 Å². The van der Waals surface area contributed by atoms with Crippen molar-refractivity contribution in [1.29, 1.82) is 0 Å². The van der Waals surface area contributed by atoms with Gasteiger partial charge in [-0.05, 0) is 26.8 Å². The SMILES string of the molecule is COCCOCCOc1cc2ncn(COC(=O)C(C)(C)C)c(=O)c2cc1OC. The van der Waals surface area contributed by atoms with Crippen LogP contribution in [0.1, 0.15) is 20.8 Å². The third kappa shape index (κ3) is 6.16. The number of hydrogen-bond donors (Lipinski definition) is 0. The van der Waals surface area contributed by atoms with E-state index in [0.29, 0.717) is 48.8 Å². The molecule has 9 nitrogen and oxygen atoms in total. The molecule has 0 unspecified atom stereocenters. The number of carbonyl (C=O) groups excluding carboxylic acids is 1. The Kier molecular flexibility index (Phi) is 7.98. The van der Waals surface area contributed by atoms with Gasteiger partial charge < -0.3 is 23.7 Å². The smallest absolute Gasteiger partial charge is 0.312 e. The first-order chi connectivity index (χ1) is 13.8. The lowest BCUT2D eigenvalue weighted by Gasteiger charge is -2.17. The summed E-state index contributed by atoms with van der Waals surface area (Å²) in [6, 6.07) is 3.20. The van der Waals surface area contributed by atoms with E-state index in [-0.39, 0.29) is 12.3 Å². The van der Waals surface area contributed by atoms with Crippen molar-refractivity contribution in [1.82, 2.24) is 9.55 Å². The molecule has 0 aliphatic rings. The van der Waals surface area contributed by atoms with Crippen molar-refractivity contribution in [3.63, 3.8) is 0 Å². The molecule has 29 heavy (non-hydrogen) atoms. The van der Waals surface area contributed by atoms with Gasteiger partial charge in [-0.3, -0.25) is 14.2 Å². The summed E-state index contributed by atoms with van der Waals surface area (Å²) >= 11 is 0. The lowest BCUT2D eigenvalue weighted by atomic mass is 9.98. The van der Waals surface area contributed by atoms with E-state index in [2.05, 4.69) is 4.98 Å². The van der Waals surface area contributed by atoms with Crippen molar-refractivity contribution < 1.29 is 28.5 Å². The Bertz CT molecular complexity index is 887. The molecule has 2 aromatic rings. The maximum absolute atomic E-state index is 12.7. The molecule has 0 aliphatic carbocycles. The van der Waals surface area contributed by atoms with E-state index < -0.39 is 11.4 Å². The molecule has 1 heterocycles. The van der Waals surface area contributed by atoms with Crippen LogP contribution in [-0.4, -0.2) is 56.2 Å². The molecule has 0 atom stereocenters. The number of carbonyl (C=O) groups is 1. The van der Waals surface area contributed by atoms with Crippen LogP contribution in [0.4, 0.5) is 0 Å². The zero-order valence-electron chi connectivity index (χ0n) is 17.5. The van der Waals surface area contributed by atoms with Crippen LogP contribution in [0, 0.1) is 5.41 Å². The van der Waals surface area contributed by atoms with Crippen molar-refractivity contribution in [2.45, 2.75) is 27.5 Å². The van der Waals surface area contributed by atoms with E-state index in [9.17, 15) is 9.59 Å². The van der Waals surface area contributed by atoms with Crippen LogP contribution >= 0.6 is 0 Å². The van der Waals surface area contributed by atoms with Gasteiger partial charge in [-0.15, -0.1) is 0 Å². The monoisotopic (exact) mass is 408 g/mol. The summed E-state index contributed by atoms with van der Waals surface area (Å²) in [7, 11) is 3.10. The fourth-order valence-electron chi connectivity index (χ4n) is 2.33. The molecule has 9 heteroatoms. The molecule has 0 aliphatic heterocycles. The van der Waals surface area contributed by atoms with Crippen LogP contribution < -0.4 is 15.0 Å². The Morgan fingerprint density at radius 3 is 2.45 bits per heavy atom. The second kappa shape index (κ2) is 10.2. The summed E-state index contributed by atoms with van der Waals surface area (Å²) in [5.74, 6) is 0.454. The standard InChI is InChI=1S/C20H28N2O7/c1-20(2,3)19(24)29-13-22-12-21-15-11-17(28-9-8-27-7-6-25-4)16(26-5)10-14(15)18(22)23/h10-12H,6-9,13H2,1-5H3. The third-order valence-electron chi connectivity index (χ3n) is 3.97. The molecule has 0 saturated carbocycles. The minimum atomic E-state index is -0.656. The van der Waals surface area contributed by atoms with Gasteiger partial charge in [0.1, 0.15) is 12.9 Å². The molecule has 2 rings (SSSR count). The van der Waals surface area contributed by atoms with Gasteiger partial charge in [-0.2, -0.15) is 0 Å². The zero-order valence-corrected chi connectivity index (χ0v) is 17.5. The predicted molar refractivity (Wildman–Crippen MR) is 106 cm³/mol. The molecular formula is C20H28N2O7. The lowest BCUT2D eigenvalue weighted by molar-refractivity contribution is -0.157. The predicted octanol–water partition coefficient (Wildman–Crippen LogP) is 1.99. The third-order valence-corrected chi connectivity index (χ3v) is 3.97. The second-order valence-electron chi connectivity index (χ2n) is 7.30. The summed E-state index contributed by atoms with van der Waals surface area (Å²) < 4.78 is 27.7. The number of aromatic nitrogens is 2. The van der Waals surface area contributed by atoms with Gasteiger partial charge in [0.25, 0.3) is 5.56 Å².